The molecule has 1 aliphatic carbocycles. The van der Waals surface area contributed by atoms with Gasteiger partial charge in [0.15, 0.2) is 17.3 Å². The summed E-state index contributed by atoms with van der Waals surface area (Å²) in [6.45, 7) is 1.97. The second-order valence-corrected chi connectivity index (χ2v) is 9.56. The zero-order valence-electron chi connectivity index (χ0n) is 20.1. The van der Waals surface area contributed by atoms with Crippen LogP contribution in [0.1, 0.15) is 32.6 Å². The smallest absolute Gasteiger partial charge is 0.259 e. The third-order valence-corrected chi connectivity index (χ3v) is 7.62. The lowest BCUT2D eigenvalue weighted by molar-refractivity contribution is 0.104. The number of hydrogen-bond donors (Lipinski definition) is 0. The van der Waals surface area contributed by atoms with Crippen molar-refractivity contribution in [3.05, 3.63) is 86.7 Å². The van der Waals surface area contributed by atoms with Crippen molar-refractivity contribution in [1.82, 2.24) is 9.47 Å². The molecular formula is C29H24N2O5. The van der Waals surface area contributed by atoms with Gasteiger partial charge < -0.3 is 23.7 Å². The third-order valence-electron chi connectivity index (χ3n) is 7.62. The van der Waals surface area contributed by atoms with Crippen LogP contribution in [0.4, 0.5) is 0 Å². The maximum Gasteiger partial charge on any atom is 0.259 e. The predicted octanol–water partition coefficient (Wildman–Crippen LogP) is 3.99. The van der Waals surface area contributed by atoms with E-state index in [9.17, 15) is 9.59 Å². The molecule has 4 aromatic rings. The van der Waals surface area contributed by atoms with Gasteiger partial charge in [0, 0.05) is 46.1 Å². The topological polar surface area (TPSA) is 70.0 Å². The molecule has 7 nitrogen and oxygen atoms in total. The Morgan fingerprint density at radius 2 is 1.64 bits per heavy atom. The molecule has 0 unspecified atom stereocenters. The van der Waals surface area contributed by atoms with Crippen molar-refractivity contribution in [1.29, 1.82) is 0 Å². The van der Waals surface area contributed by atoms with Gasteiger partial charge in [-0.1, -0.05) is 42.5 Å². The first-order chi connectivity index (χ1) is 17.6. The number of aromatic nitrogens is 1. The molecule has 0 fully saturated rings. The zero-order chi connectivity index (χ0) is 24.6. The minimum atomic E-state index is -0.126. The number of pyridine rings is 1. The molecular weight excluding hydrogens is 456 g/mol. The van der Waals surface area contributed by atoms with Gasteiger partial charge in [0.1, 0.15) is 0 Å². The maximum absolute atomic E-state index is 14.0. The molecule has 180 valence electrons. The zero-order valence-corrected chi connectivity index (χ0v) is 20.1. The van der Waals surface area contributed by atoms with Gasteiger partial charge in [0.05, 0.1) is 24.9 Å². The average Bonchev–Trinajstić information content (AvgIpc) is 3.49. The predicted molar refractivity (Wildman–Crippen MR) is 135 cm³/mol. The summed E-state index contributed by atoms with van der Waals surface area (Å²) in [7, 11) is 3.73. The van der Waals surface area contributed by atoms with Crippen LogP contribution in [-0.4, -0.2) is 42.7 Å². The van der Waals surface area contributed by atoms with Gasteiger partial charge in [0.25, 0.3) is 5.56 Å². The highest BCUT2D eigenvalue weighted by atomic mass is 16.7. The number of carbonyl (C=O) groups is 1. The molecule has 7 rings (SSSR count). The Kier molecular flexibility index (Phi) is 4.53. The molecule has 0 saturated heterocycles. The van der Waals surface area contributed by atoms with Crippen molar-refractivity contribution in [3.8, 4) is 28.5 Å². The van der Waals surface area contributed by atoms with Crippen LogP contribution in [-0.2, 0) is 19.5 Å². The second kappa shape index (κ2) is 7.70. The lowest BCUT2D eigenvalue weighted by Crippen LogP contribution is -2.29. The summed E-state index contributed by atoms with van der Waals surface area (Å²) in [6, 6.07) is 14.9. The van der Waals surface area contributed by atoms with Crippen molar-refractivity contribution in [2.24, 2.45) is 0 Å². The van der Waals surface area contributed by atoms with Gasteiger partial charge in [-0.15, -0.1) is 0 Å². The molecule has 3 heterocycles. The van der Waals surface area contributed by atoms with E-state index in [1.54, 1.807) is 17.7 Å². The van der Waals surface area contributed by atoms with Crippen LogP contribution < -0.4 is 19.8 Å². The number of likely N-dealkylation sites (N-methyl/N-ethyl adjacent to an activating group) is 1. The van der Waals surface area contributed by atoms with Crippen LogP contribution in [0.5, 0.6) is 17.2 Å². The number of fused-ring (bicyclic) bond motifs is 7. The van der Waals surface area contributed by atoms with E-state index in [0.29, 0.717) is 51.4 Å². The Morgan fingerprint density at radius 1 is 0.917 bits per heavy atom. The lowest BCUT2D eigenvalue weighted by Gasteiger charge is -2.30. The van der Waals surface area contributed by atoms with E-state index in [1.807, 2.05) is 42.5 Å². The average molecular weight is 481 g/mol. The fourth-order valence-corrected chi connectivity index (χ4v) is 6.01. The monoisotopic (exact) mass is 480 g/mol. The molecule has 0 amide bonds. The number of methoxy groups -OCH3 is 1. The molecule has 0 spiro atoms. The number of nitrogens with zero attached hydrogens (tertiary/aromatic N) is 2. The van der Waals surface area contributed by atoms with Crippen molar-refractivity contribution in [3.63, 3.8) is 0 Å². The van der Waals surface area contributed by atoms with E-state index in [4.69, 9.17) is 14.2 Å². The summed E-state index contributed by atoms with van der Waals surface area (Å²) < 4.78 is 19.4. The summed E-state index contributed by atoms with van der Waals surface area (Å²) in [5.74, 6) is 1.86. The maximum atomic E-state index is 14.0. The highest BCUT2D eigenvalue weighted by Crippen LogP contribution is 2.50. The van der Waals surface area contributed by atoms with Crippen LogP contribution in [0.3, 0.4) is 0 Å². The second-order valence-electron chi connectivity index (χ2n) is 9.56. The van der Waals surface area contributed by atoms with Crippen LogP contribution in [0.2, 0.25) is 0 Å². The van der Waals surface area contributed by atoms with Gasteiger partial charge in [-0.25, -0.2) is 0 Å². The number of ketones is 1. The van der Waals surface area contributed by atoms with Crippen molar-refractivity contribution in [2.45, 2.75) is 19.5 Å². The number of ether oxygens (including phenoxy) is 3. The van der Waals surface area contributed by atoms with Crippen LogP contribution in [0.25, 0.3) is 22.0 Å². The molecule has 0 radical (unpaired) electrons. The van der Waals surface area contributed by atoms with Crippen molar-refractivity contribution < 1.29 is 19.0 Å². The highest BCUT2D eigenvalue weighted by Gasteiger charge is 2.36. The fraction of sp³-hybridized carbons (Fsp3) is 0.241. The molecule has 1 aromatic heterocycles. The summed E-state index contributed by atoms with van der Waals surface area (Å²) >= 11 is 0. The quantitative estimate of drug-likeness (QED) is 0.389. The SMILES string of the molecule is COc1c2c(c(Cn3c4c(c5ccccc5c3=O)C(=O)c3ccccc3-4)c3c1OCO3)CCN(C)C2. The Bertz CT molecular complexity index is 1670. The first-order valence-electron chi connectivity index (χ1n) is 12.1. The molecule has 7 heteroatoms. The van der Waals surface area contributed by atoms with Gasteiger partial charge in [-0.05, 0) is 25.1 Å². The van der Waals surface area contributed by atoms with Crippen LogP contribution >= 0.6 is 0 Å². The number of hydrogen-bond acceptors (Lipinski definition) is 6. The van der Waals surface area contributed by atoms with E-state index in [0.717, 1.165) is 35.2 Å². The van der Waals surface area contributed by atoms with Gasteiger partial charge >= 0.3 is 0 Å². The standard InChI is InChI=1S/C29H24N2O5/c1-30-12-11-16-21(13-30)26(34-2)28-27(35-15-36-28)22(16)14-31-24-18-8-4-5-9-19(18)25(32)23(24)17-7-3-6-10-20(17)29(31)33/h3-10H,11-15H2,1-2H3. The summed E-state index contributed by atoms with van der Waals surface area (Å²) in [6.07, 6.45) is 0.800. The molecule has 2 aliphatic heterocycles. The van der Waals surface area contributed by atoms with Crippen molar-refractivity contribution in [2.75, 3.05) is 27.5 Å². The molecule has 3 aliphatic rings. The number of benzene rings is 3. The number of carbonyl (C=O) groups excluding carboxylic acids is 1. The Morgan fingerprint density at radius 3 is 2.44 bits per heavy atom. The van der Waals surface area contributed by atoms with Gasteiger partial charge in [-0.3, -0.25) is 9.59 Å². The molecule has 0 atom stereocenters. The molecule has 0 bridgehead atoms. The normalized spacial score (nSPS) is 15.7. The molecule has 3 aromatic carbocycles. The molecule has 36 heavy (non-hydrogen) atoms. The van der Waals surface area contributed by atoms with Gasteiger partial charge in [-0.2, -0.15) is 0 Å². The van der Waals surface area contributed by atoms with E-state index >= 15 is 0 Å². The molecule has 0 N–H and O–H groups in total. The third kappa shape index (κ3) is 2.77. The summed E-state index contributed by atoms with van der Waals surface area (Å²) in [4.78, 5) is 29.8. The van der Waals surface area contributed by atoms with Gasteiger partial charge in [0.2, 0.25) is 12.5 Å². The van der Waals surface area contributed by atoms with Crippen LogP contribution in [0, 0.1) is 0 Å². The fourth-order valence-electron chi connectivity index (χ4n) is 6.01. The Hall–Kier alpha value is -4.10. The molecule has 0 saturated carbocycles. The lowest BCUT2D eigenvalue weighted by atomic mass is 9.91. The highest BCUT2D eigenvalue weighted by molar-refractivity contribution is 6.26. The Labute approximate surface area is 207 Å². The summed E-state index contributed by atoms with van der Waals surface area (Å²) in [5, 5.41) is 1.23. The van der Waals surface area contributed by atoms with E-state index in [2.05, 4.69) is 11.9 Å². The van der Waals surface area contributed by atoms with E-state index in [1.165, 1.54) is 0 Å². The largest absolute Gasteiger partial charge is 0.492 e. The number of rotatable bonds is 3. The van der Waals surface area contributed by atoms with E-state index in [-0.39, 0.29) is 24.7 Å². The first kappa shape index (κ1) is 21.2. The minimum Gasteiger partial charge on any atom is -0.492 e. The van der Waals surface area contributed by atoms with E-state index < -0.39 is 0 Å². The summed E-state index contributed by atoms with van der Waals surface area (Å²) in [5.41, 5.74) is 5.65. The minimum absolute atomic E-state index is 0.0475. The van der Waals surface area contributed by atoms with Crippen molar-refractivity contribution >= 4 is 16.6 Å². The van der Waals surface area contributed by atoms with Crippen LogP contribution in [0.15, 0.2) is 53.3 Å². The first-order valence-corrected chi connectivity index (χ1v) is 12.1. The Balaban J connectivity index is 1.54.